The van der Waals surface area contributed by atoms with E-state index in [-0.39, 0.29) is 41.2 Å². The number of phenolic OH excluding ortho intramolecular Hbond substituents is 1. The van der Waals surface area contributed by atoms with Crippen molar-refractivity contribution in [2.75, 3.05) is 32.5 Å². The highest BCUT2D eigenvalue weighted by Gasteiger charge is 2.64. The van der Waals surface area contributed by atoms with E-state index in [9.17, 15) is 39.6 Å². The molecule has 1 fully saturated rings. The Morgan fingerprint density at radius 1 is 1.23 bits per heavy atom. The molecule has 1 aromatic rings. The van der Waals surface area contributed by atoms with Gasteiger partial charge < -0.3 is 36.8 Å². The van der Waals surface area contributed by atoms with Gasteiger partial charge in [-0.05, 0) is 57.5 Å². The Kier molecular flexibility index (Phi) is 7.52. The highest BCUT2D eigenvalue weighted by molar-refractivity contribution is 6.34. The van der Waals surface area contributed by atoms with Crippen LogP contribution in [0.4, 0.5) is 5.69 Å². The highest BCUT2D eigenvalue weighted by Crippen LogP contribution is 2.54. The number of aromatic hydroxyl groups is 1. The molecular weight excluding hydrogens is 532 g/mol. The Hall–Kier alpha value is -3.45. The number of likely N-dealkylation sites (N-methyl/N-ethyl adjacent to an activating group) is 1. The number of primary amides is 1. The van der Waals surface area contributed by atoms with Crippen LogP contribution in [0.25, 0.3) is 5.76 Å². The lowest BCUT2D eigenvalue weighted by Crippen LogP contribution is -2.65. The monoisotopic (exact) mass is 562 g/mol. The number of anilines is 1. The van der Waals surface area contributed by atoms with E-state index in [4.69, 9.17) is 17.3 Å². The molecule has 13 heteroatoms. The van der Waals surface area contributed by atoms with E-state index in [0.717, 1.165) is 6.42 Å². The first-order chi connectivity index (χ1) is 18.3. The molecule has 3 aliphatic carbocycles. The predicted octanol–water partition coefficient (Wildman–Crippen LogP) is 0.556. The fourth-order valence-electron chi connectivity index (χ4n) is 5.95. The summed E-state index contributed by atoms with van der Waals surface area (Å²) in [5.74, 6) is -8.04. The molecule has 0 spiro atoms. The normalized spacial score (nSPS) is 26.4. The third-order valence-corrected chi connectivity index (χ3v) is 7.94. The van der Waals surface area contributed by atoms with E-state index in [1.807, 2.05) is 6.92 Å². The molecule has 1 aromatic carbocycles. The maximum absolute atomic E-state index is 13.8. The minimum absolute atomic E-state index is 0.00988. The highest BCUT2D eigenvalue weighted by atomic mass is 35.5. The summed E-state index contributed by atoms with van der Waals surface area (Å²) in [6, 6.07) is 0.292. The number of ketones is 2. The number of Topliss-reactive ketones (excluding diaryl/α,β-unsaturated/α-hetero) is 2. The van der Waals surface area contributed by atoms with Crippen LogP contribution in [-0.4, -0.2) is 87.5 Å². The Morgan fingerprint density at radius 2 is 1.90 bits per heavy atom. The smallest absolute Gasteiger partial charge is 0.255 e. The van der Waals surface area contributed by atoms with E-state index in [2.05, 4.69) is 10.6 Å². The van der Waals surface area contributed by atoms with Gasteiger partial charge in [0.1, 0.15) is 22.8 Å². The summed E-state index contributed by atoms with van der Waals surface area (Å²) < 4.78 is 0. The molecule has 4 atom stereocenters. The number of hydrogen-bond donors (Lipinski definition) is 7. The summed E-state index contributed by atoms with van der Waals surface area (Å²) in [5, 5.41) is 50.3. The first-order valence-corrected chi connectivity index (χ1v) is 12.8. The van der Waals surface area contributed by atoms with Gasteiger partial charge in [-0.25, -0.2) is 0 Å². The fraction of sp³-hybridized carbons (Fsp3) is 0.462. The Balaban J connectivity index is 1.84. The van der Waals surface area contributed by atoms with Crippen molar-refractivity contribution in [1.82, 2.24) is 10.2 Å². The summed E-state index contributed by atoms with van der Waals surface area (Å²) >= 11 is 6.37. The van der Waals surface area contributed by atoms with Crippen LogP contribution in [0, 0.1) is 11.8 Å². The van der Waals surface area contributed by atoms with Gasteiger partial charge in [-0.2, -0.15) is 0 Å². The number of nitrogens with zero attached hydrogens (tertiary/aromatic N) is 1. The molecule has 2 amide bonds. The molecule has 12 nitrogen and oxygen atoms in total. The Labute approximate surface area is 229 Å². The number of nitrogens with two attached hydrogens (primary N) is 1. The van der Waals surface area contributed by atoms with Gasteiger partial charge in [-0.15, -0.1) is 0 Å². The second-order valence-corrected chi connectivity index (χ2v) is 10.7. The maximum atomic E-state index is 13.8. The standard InChI is InChI=1S/C26H31ClN4O8/c1-4-5-29-9-14(32)30-18-13(27)8-11-6-10-7-12-19(31(2)3)22(35)17(25(28)38)24(37)26(12,39)23(36)16(10)20(33)15(11)21(18)34/h8,10,12,19,29,33-34,37,39H,4-7,9H2,1-3H3,(H2,28,38)(H,30,32)/t10?,12?,19-,26-/m0/s1. The number of fused-ring (bicyclic) bond motifs is 3. The van der Waals surface area contributed by atoms with E-state index < -0.39 is 69.7 Å². The molecule has 3 aliphatic rings. The Bertz CT molecular complexity index is 1350. The predicted molar refractivity (Wildman–Crippen MR) is 141 cm³/mol. The van der Waals surface area contributed by atoms with Crippen LogP contribution in [0.3, 0.4) is 0 Å². The van der Waals surface area contributed by atoms with Crippen LogP contribution in [0.2, 0.25) is 5.02 Å². The number of carbonyl (C=O) groups is 4. The lowest BCUT2D eigenvalue weighted by atomic mass is 9.57. The number of hydrogen-bond acceptors (Lipinski definition) is 10. The second-order valence-electron chi connectivity index (χ2n) is 10.3. The van der Waals surface area contributed by atoms with Crippen molar-refractivity contribution >= 4 is 46.4 Å². The average molecular weight is 563 g/mol. The summed E-state index contributed by atoms with van der Waals surface area (Å²) in [7, 11) is 3.05. The summed E-state index contributed by atoms with van der Waals surface area (Å²) in [6.45, 7) is 2.47. The van der Waals surface area contributed by atoms with Gasteiger partial charge in [0, 0.05) is 11.5 Å². The number of halogens is 1. The SMILES string of the molecule is CCCNCC(=O)Nc1c(Cl)cc2c(c1O)C(O)=C1C(=O)[C@]3(O)C(O)=C(C(N)=O)C(=O)[C@@H](N(C)C)C3CC1C2. The van der Waals surface area contributed by atoms with Gasteiger partial charge >= 0.3 is 0 Å². The van der Waals surface area contributed by atoms with E-state index in [1.54, 1.807) is 0 Å². The molecular formula is C26H31ClN4O8. The van der Waals surface area contributed by atoms with Gasteiger partial charge in [-0.1, -0.05) is 18.5 Å². The summed E-state index contributed by atoms with van der Waals surface area (Å²) in [4.78, 5) is 52.8. The van der Waals surface area contributed by atoms with Gasteiger partial charge in [0.2, 0.25) is 11.7 Å². The Morgan fingerprint density at radius 3 is 2.49 bits per heavy atom. The number of rotatable bonds is 7. The molecule has 0 aliphatic heterocycles. The zero-order valence-electron chi connectivity index (χ0n) is 21.7. The lowest BCUT2D eigenvalue weighted by Gasteiger charge is -2.50. The van der Waals surface area contributed by atoms with Crippen molar-refractivity contribution in [3.05, 3.63) is 39.1 Å². The summed E-state index contributed by atoms with van der Waals surface area (Å²) in [6.07, 6.45) is 0.858. The third-order valence-electron chi connectivity index (χ3n) is 7.64. The van der Waals surface area contributed by atoms with E-state index in [1.165, 1.54) is 25.1 Å². The van der Waals surface area contributed by atoms with Gasteiger partial charge in [0.05, 0.1) is 23.2 Å². The van der Waals surface area contributed by atoms with Crippen LogP contribution in [0.5, 0.6) is 5.75 Å². The summed E-state index contributed by atoms with van der Waals surface area (Å²) in [5.41, 5.74) is 1.48. The number of benzene rings is 1. The number of aliphatic hydroxyl groups excluding tert-OH is 2. The van der Waals surface area contributed by atoms with Crippen molar-refractivity contribution < 1.29 is 39.6 Å². The molecule has 210 valence electrons. The maximum Gasteiger partial charge on any atom is 0.255 e. The second kappa shape index (κ2) is 10.3. The van der Waals surface area contributed by atoms with Crippen molar-refractivity contribution in [2.24, 2.45) is 17.6 Å². The molecule has 8 N–H and O–H groups in total. The van der Waals surface area contributed by atoms with E-state index >= 15 is 0 Å². The molecule has 2 unspecified atom stereocenters. The van der Waals surface area contributed by atoms with Crippen molar-refractivity contribution in [2.45, 2.75) is 37.8 Å². The molecule has 0 heterocycles. The molecule has 0 aromatic heterocycles. The topological polar surface area (TPSA) is 203 Å². The number of phenols is 1. The molecule has 0 radical (unpaired) electrons. The average Bonchev–Trinajstić information content (AvgIpc) is 2.83. The van der Waals surface area contributed by atoms with Crippen molar-refractivity contribution in [1.29, 1.82) is 0 Å². The van der Waals surface area contributed by atoms with Crippen LogP contribution < -0.4 is 16.4 Å². The van der Waals surface area contributed by atoms with Gasteiger partial charge in [0.15, 0.2) is 17.1 Å². The molecule has 0 saturated heterocycles. The zero-order chi connectivity index (χ0) is 29.0. The van der Waals surface area contributed by atoms with Crippen molar-refractivity contribution in [3.63, 3.8) is 0 Å². The quantitative estimate of drug-likeness (QED) is 0.140. The first-order valence-electron chi connectivity index (χ1n) is 12.5. The lowest BCUT2D eigenvalue weighted by molar-refractivity contribution is -0.153. The molecule has 4 rings (SSSR count). The fourth-order valence-corrected chi connectivity index (χ4v) is 6.21. The third kappa shape index (κ3) is 4.37. The minimum Gasteiger partial charge on any atom is -0.508 e. The minimum atomic E-state index is -2.73. The number of amides is 2. The number of aliphatic hydroxyl groups is 3. The van der Waals surface area contributed by atoms with Crippen molar-refractivity contribution in [3.8, 4) is 5.75 Å². The molecule has 39 heavy (non-hydrogen) atoms. The van der Waals surface area contributed by atoms with Crippen LogP contribution in [-0.2, 0) is 25.6 Å². The molecule has 0 bridgehead atoms. The van der Waals surface area contributed by atoms with Crippen LogP contribution >= 0.6 is 11.6 Å². The van der Waals surface area contributed by atoms with Crippen LogP contribution in [0.1, 0.15) is 30.9 Å². The van der Waals surface area contributed by atoms with Gasteiger partial charge in [-0.3, -0.25) is 24.1 Å². The molecule has 1 saturated carbocycles. The van der Waals surface area contributed by atoms with E-state index in [0.29, 0.717) is 12.1 Å². The first kappa shape index (κ1) is 28.6. The number of carbonyl (C=O) groups excluding carboxylic acids is 4. The largest absolute Gasteiger partial charge is 0.508 e. The van der Waals surface area contributed by atoms with Crippen LogP contribution in [0.15, 0.2) is 23.0 Å². The zero-order valence-corrected chi connectivity index (χ0v) is 22.4. The number of nitrogens with one attached hydrogen (secondary N) is 2. The van der Waals surface area contributed by atoms with Gasteiger partial charge in [0.25, 0.3) is 5.91 Å².